The number of nitrogens with two attached hydrogens (primary N) is 1. The van der Waals surface area contributed by atoms with E-state index in [2.05, 4.69) is 17.0 Å². The standard InChI is InChI=1S/C16H26N2O2/c1-3-19-15-6-5-13(11-16(15)20-4-2)12-18-9-7-14(17)8-10-18/h5-6,11,14H,3-4,7-10,12,17H2,1-2H3. The molecule has 1 aromatic carbocycles. The van der Waals surface area contributed by atoms with Crippen molar-refractivity contribution in [1.29, 1.82) is 0 Å². The van der Waals surface area contributed by atoms with Crippen LogP contribution in [-0.4, -0.2) is 37.2 Å². The zero-order chi connectivity index (χ0) is 14.4. The third-order valence-electron chi connectivity index (χ3n) is 3.65. The molecule has 112 valence electrons. The van der Waals surface area contributed by atoms with Crippen LogP contribution in [0.15, 0.2) is 18.2 Å². The summed E-state index contributed by atoms with van der Waals surface area (Å²) >= 11 is 0. The first-order valence-corrected chi connectivity index (χ1v) is 7.59. The van der Waals surface area contributed by atoms with E-state index in [1.54, 1.807) is 0 Å². The summed E-state index contributed by atoms with van der Waals surface area (Å²) in [6.07, 6.45) is 2.19. The molecule has 4 nitrogen and oxygen atoms in total. The van der Waals surface area contributed by atoms with E-state index >= 15 is 0 Å². The molecule has 1 aromatic rings. The molecule has 0 aromatic heterocycles. The van der Waals surface area contributed by atoms with Gasteiger partial charge in [-0.3, -0.25) is 4.90 Å². The summed E-state index contributed by atoms with van der Waals surface area (Å²) in [7, 11) is 0. The lowest BCUT2D eigenvalue weighted by Gasteiger charge is -2.30. The van der Waals surface area contributed by atoms with Gasteiger partial charge in [-0.2, -0.15) is 0 Å². The molecule has 0 aliphatic carbocycles. The SMILES string of the molecule is CCOc1ccc(CN2CCC(N)CC2)cc1OCC. The molecule has 0 saturated carbocycles. The van der Waals surface area contributed by atoms with Gasteiger partial charge < -0.3 is 15.2 Å². The van der Waals surface area contributed by atoms with Crippen molar-refractivity contribution in [3.8, 4) is 11.5 Å². The van der Waals surface area contributed by atoms with Crippen LogP contribution >= 0.6 is 0 Å². The molecule has 1 aliphatic rings. The van der Waals surface area contributed by atoms with Crippen molar-refractivity contribution in [2.45, 2.75) is 39.3 Å². The first-order valence-electron chi connectivity index (χ1n) is 7.59. The van der Waals surface area contributed by atoms with Gasteiger partial charge in [-0.25, -0.2) is 0 Å². The van der Waals surface area contributed by atoms with Crippen LogP contribution in [0.3, 0.4) is 0 Å². The fourth-order valence-corrected chi connectivity index (χ4v) is 2.56. The fraction of sp³-hybridized carbons (Fsp3) is 0.625. The largest absolute Gasteiger partial charge is 0.490 e. The van der Waals surface area contributed by atoms with Crippen LogP contribution in [0, 0.1) is 0 Å². The predicted octanol–water partition coefficient (Wildman–Crippen LogP) is 2.41. The second kappa shape index (κ2) is 7.50. The molecule has 1 fully saturated rings. The minimum Gasteiger partial charge on any atom is -0.490 e. The van der Waals surface area contributed by atoms with E-state index in [1.807, 2.05) is 19.9 Å². The molecule has 0 amide bonds. The van der Waals surface area contributed by atoms with E-state index in [9.17, 15) is 0 Å². The molecule has 4 heteroatoms. The quantitative estimate of drug-likeness (QED) is 0.868. The van der Waals surface area contributed by atoms with Gasteiger partial charge in [0.2, 0.25) is 0 Å². The van der Waals surface area contributed by atoms with Crippen molar-refractivity contribution in [2.75, 3.05) is 26.3 Å². The van der Waals surface area contributed by atoms with Gasteiger partial charge in [-0.05, 0) is 57.5 Å². The van der Waals surface area contributed by atoms with Gasteiger partial charge in [-0.1, -0.05) is 6.07 Å². The molecule has 1 saturated heterocycles. The van der Waals surface area contributed by atoms with Crippen LogP contribution in [0.5, 0.6) is 11.5 Å². The Labute approximate surface area is 121 Å². The van der Waals surface area contributed by atoms with E-state index in [0.29, 0.717) is 19.3 Å². The summed E-state index contributed by atoms with van der Waals surface area (Å²) in [6, 6.07) is 6.62. The van der Waals surface area contributed by atoms with E-state index in [0.717, 1.165) is 44.0 Å². The first-order chi connectivity index (χ1) is 9.72. The summed E-state index contributed by atoms with van der Waals surface area (Å²) in [5, 5.41) is 0. The van der Waals surface area contributed by atoms with Crippen molar-refractivity contribution in [3.05, 3.63) is 23.8 Å². The van der Waals surface area contributed by atoms with Crippen molar-refractivity contribution in [1.82, 2.24) is 4.90 Å². The topological polar surface area (TPSA) is 47.7 Å². The monoisotopic (exact) mass is 278 g/mol. The number of rotatable bonds is 6. The van der Waals surface area contributed by atoms with Crippen LogP contribution in [-0.2, 0) is 6.54 Å². The Morgan fingerprint density at radius 1 is 1.10 bits per heavy atom. The number of likely N-dealkylation sites (tertiary alicyclic amines) is 1. The van der Waals surface area contributed by atoms with E-state index in [4.69, 9.17) is 15.2 Å². The Kier molecular flexibility index (Phi) is 5.68. The minimum atomic E-state index is 0.380. The lowest BCUT2D eigenvalue weighted by Crippen LogP contribution is -2.39. The molecule has 0 unspecified atom stereocenters. The number of hydrogen-bond donors (Lipinski definition) is 1. The third-order valence-corrected chi connectivity index (χ3v) is 3.65. The van der Waals surface area contributed by atoms with Gasteiger partial charge in [-0.15, -0.1) is 0 Å². The van der Waals surface area contributed by atoms with E-state index < -0.39 is 0 Å². The highest BCUT2D eigenvalue weighted by atomic mass is 16.5. The zero-order valence-corrected chi connectivity index (χ0v) is 12.6. The van der Waals surface area contributed by atoms with Crippen molar-refractivity contribution in [3.63, 3.8) is 0 Å². The molecule has 20 heavy (non-hydrogen) atoms. The molecular formula is C16H26N2O2. The lowest BCUT2D eigenvalue weighted by molar-refractivity contribution is 0.205. The van der Waals surface area contributed by atoms with Crippen molar-refractivity contribution < 1.29 is 9.47 Å². The van der Waals surface area contributed by atoms with E-state index in [-0.39, 0.29) is 0 Å². The van der Waals surface area contributed by atoms with Gasteiger partial charge in [0.05, 0.1) is 13.2 Å². The van der Waals surface area contributed by atoms with Crippen LogP contribution < -0.4 is 15.2 Å². The Morgan fingerprint density at radius 3 is 2.40 bits per heavy atom. The van der Waals surface area contributed by atoms with Crippen LogP contribution in [0.2, 0.25) is 0 Å². The Bertz CT molecular complexity index is 415. The van der Waals surface area contributed by atoms with Gasteiger partial charge in [0.25, 0.3) is 0 Å². The Hall–Kier alpha value is -1.26. The molecule has 0 spiro atoms. The van der Waals surface area contributed by atoms with Gasteiger partial charge in [0, 0.05) is 12.6 Å². The van der Waals surface area contributed by atoms with E-state index in [1.165, 1.54) is 5.56 Å². The maximum Gasteiger partial charge on any atom is 0.161 e. The van der Waals surface area contributed by atoms with Crippen LogP contribution in [0.25, 0.3) is 0 Å². The van der Waals surface area contributed by atoms with Gasteiger partial charge in [0.1, 0.15) is 0 Å². The summed E-state index contributed by atoms with van der Waals surface area (Å²) in [5.74, 6) is 1.68. The number of hydrogen-bond acceptors (Lipinski definition) is 4. The highest BCUT2D eigenvalue weighted by molar-refractivity contribution is 5.43. The molecule has 0 radical (unpaired) electrons. The summed E-state index contributed by atoms with van der Waals surface area (Å²) < 4.78 is 11.3. The highest BCUT2D eigenvalue weighted by Crippen LogP contribution is 2.29. The average Bonchev–Trinajstić information content (AvgIpc) is 2.45. The second-order valence-electron chi connectivity index (χ2n) is 5.26. The average molecular weight is 278 g/mol. The number of ether oxygens (including phenoxy) is 2. The van der Waals surface area contributed by atoms with Crippen LogP contribution in [0.4, 0.5) is 0 Å². The summed E-state index contributed by atoms with van der Waals surface area (Å²) in [4.78, 5) is 2.45. The molecule has 0 atom stereocenters. The fourth-order valence-electron chi connectivity index (χ4n) is 2.56. The van der Waals surface area contributed by atoms with Gasteiger partial charge >= 0.3 is 0 Å². The summed E-state index contributed by atoms with van der Waals surface area (Å²) in [5.41, 5.74) is 7.21. The minimum absolute atomic E-state index is 0.380. The Morgan fingerprint density at radius 2 is 1.75 bits per heavy atom. The van der Waals surface area contributed by atoms with Crippen LogP contribution in [0.1, 0.15) is 32.3 Å². The number of piperidine rings is 1. The predicted molar refractivity (Wildman–Crippen MR) is 81.3 cm³/mol. The van der Waals surface area contributed by atoms with Gasteiger partial charge in [0.15, 0.2) is 11.5 Å². The molecule has 2 N–H and O–H groups in total. The number of nitrogens with zero attached hydrogens (tertiary/aromatic N) is 1. The highest BCUT2D eigenvalue weighted by Gasteiger charge is 2.16. The normalized spacial score (nSPS) is 17.1. The maximum atomic E-state index is 5.94. The third kappa shape index (κ3) is 4.12. The first kappa shape index (κ1) is 15.1. The van der Waals surface area contributed by atoms with Crippen molar-refractivity contribution in [2.24, 2.45) is 5.73 Å². The number of benzene rings is 1. The van der Waals surface area contributed by atoms with Crippen molar-refractivity contribution >= 4 is 0 Å². The maximum absolute atomic E-state index is 5.94. The Balaban J connectivity index is 2.02. The lowest BCUT2D eigenvalue weighted by atomic mass is 10.1. The second-order valence-corrected chi connectivity index (χ2v) is 5.26. The molecular weight excluding hydrogens is 252 g/mol. The molecule has 1 aliphatic heterocycles. The summed E-state index contributed by atoms with van der Waals surface area (Å²) in [6.45, 7) is 8.41. The molecule has 0 bridgehead atoms. The smallest absolute Gasteiger partial charge is 0.161 e. The zero-order valence-electron chi connectivity index (χ0n) is 12.6. The molecule has 2 rings (SSSR count). The molecule has 1 heterocycles.